The normalized spacial score (nSPS) is 14.0. The van der Waals surface area contributed by atoms with Crippen molar-refractivity contribution >= 4 is 39.5 Å². The maximum atomic E-state index is 13.1. The van der Waals surface area contributed by atoms with Crippen LogP contribution in [0.25, 0.3) is 0 Å². The molecule has 0 spiro atoms. The molecule has 0 aromatic heterocycles. The average Bonchev–Trinajstić information content (AvgIpc) is 2.64. The van der Waals surface area contributed by atoms with Crippen LogP contribution in [0, 0.1) is 11.8 Å². The van der Waals surface area contributed by atoms with Crippen molar-refractivity contribution in [3.05, 3.63) is 0 Å². The summed E-state index contributed by atoms with van der Waals surface area (Å²) in [6, 6.07) is 0. The summed E-state index contributed by atoms with van der Waals surface area (Å²) < 4.78 is 68.2. The number of ether oxygens (including phenoxy) is 4. The zero-order chi connectivity index (χ0) is 69.3. The van der Waals surface area contributed by atoms with E-state index in [0.717, 1.165) is 108 Å². The number of hydrogen-bond acceptors (Lipinski definition) is 15. The summed E-state index contributed by atoms with van der Waals surface area (Å²) in [5.74, 6) is -0.606. The lowest BCUT2D eigenvalue weighted by atomic mass is 10.0. The lowest BCUT2D eigenvalue weighted by Crippen LogP contribution is -2.30. The van der Waals surface area contributed by atoms with Crippen LogP contribution in [0.15, 0.2) is 0 Å². The van der Waals surface area contributed by atoms with Crippen molar-refractivity contribution in [3.8, 4) is 0 Å². The van der Waals surface area contributed by atoms with Gasteiger partial charge in [0.05, 0.1) is 26.4 Å². The SMILES string of the molecule is CCCCCCCCCCCCCCCCCCCCCCC(=O)O[C@H](COC(=O)CCCCCCCCCCCCCCCCCC(C)C)COP(=O)(O)OC[C@@H](O)COP(=O)(O)OC[C@@H](COC(=O)CCCCCCC)OC(=O)CCCCCCCCCCC(C)C. The Morgan fingerprint density at radius 1 is 0.287 bits per heavy atom. The van der Waals surface area contributed by atoms with Crippen LogP contribution in [0.5, 0.6) is 0 Å². The maximum Gasteiger partial charge on any atom is 0.472 e. The molecule has 0 fully saturated rings. The number of carbonyl (C=O) groups is 4. The van der Waals surface area contributed by atoms with Crippen molar-refractivity contribution in [2.24, 2.45) is 11.8 Å². The predicted octanol–water partition coefficient (Wildman–Crippen LogP) is 21.9. The van der Waals surface area contributed by atoms with Crippen LogP contribution in [-0.4, -0.2) is 96.7 Å². The van der Waals surface area contributed by atoms with E-state index in [-0.39, 0.29) is 25.7 Å². The van der Waals surface area contributed by atoms with Gasteiger partial charge < -0.3 is 33.8 Å². The Balaban J connectivity index is 5.13. The molecule has 5 atom stereocenters. The molecule has 0 aliphatic rings. The second-order valence-electron chi connectivity index (χ2n) is 28.0. The summed E-state index contributed by atoms with van der Waals surface area (Å²) in [4.78, 5) is 72.4. The number of phosphoric ester groups is 2. The van der Waals surface area contributed by atoms with E-state index < -0.39 is 97.5 Å². The topological polar surface area (TPSA) is 237 Å². The summed E-state index contributed by atoms with van der Waals surface area (Å²) >= 11 is 0. The molecule has 0 aliphatic carbocycles. The van der Waals surface area contributed by atoms with Gasteiger partial charge in [-0.3, -0.25) is 37.3 Å². The summed E-state index contributed by atoms with van der Waals surface area (Å²) in [6.07, 6.45) is 54.7. The molecule has 0 heterocycles. The standard InChI is InChI=1S/C75H146O17P2/c1-7-9-11-13-14-15-16-17-18-19-20-21-22-25-29-32-35-41-47-53-59-74(79)92-71(64-86-73(78)58-52-46-40-34-31-28-26-23-24-27-30-33-38-44-49-55-67(3)4)66-90-94(83,84)88-62-69(76)61-87-93(81,82)89-65-70(63-85-72(77)57-51-43-12-10-8-2)91-75(80)60-54-48-42-37-36-39-45-50-56-68(5)6/h67-71,76H,7-66H2,1-6H3,(H,81,82)(H,83,84)/t69-,70+,71+/m0/s1. The van der Waals surface area contributed by atoms with Crippen molar-refractivity contribution in [1.29, 1.82) is 0 Å². The molecule has 3 N–H and O–H groups in total. The average molecular weight is 1380 g/mol. The molecule has 17 nitrogen and oxygen atoms in total. The Labute approximate surface area is 575 Å². The van der Waals surface area contributed by atoms with Gasteiger partial charge in [-0.25, -0.2) is 9.13 Å². The fourth-order valence-electron chi connectivity index (χ4n) is 11.5. The summed E-state index contributed by atoms with van der Waals surface area (Å²) in [5, 5.41) is 10.6. The van der Waals surface area contributed by atoms with Gasteiger partial charge in [0.15, 0.2) is 12.2 Å². The van der Waals surface area contributed by atoms with E-state index in [1.54, 1.807) is 0 Å². The van der Waals surface area contributed by atoms with Crippen molar-refractivity contribution in [2.75, 3.05) is 39.6 Å². The number of rotatable bonds is 74. The molecule has 0 rings (SSSR count). The second kappa shape index (κ2) is 66.9. The highest BCUT2D eigenvalue weighted by Crippen LogP contribution is 2.45. The third kappa shape index (κ3) is 68.6. The molecule has 94 heavy (non-hydrogen) atoms. The number of aliphatic hydroxyl groups is 1. The minimum Gasteiger partial charge on any atom is -0.462 e. The number of hydrogen-bond donors (Lipinski definition) is 3. The highest BCUT2D eigenvalue weighted by atomic mass is 31.2. The molecule has 0 amide bonds. The third-order valence-corrected chi connectivity index (χ3v) is 19.4. The van der Waals surface area contributed by atoms with Gasteiger partial charge in [-0.05, 0) is 37.5 Å². The monoisotopic (exact) mass is 1380 g/mol. The van der Waals surface area contributed by atoms with Crippen molar-refractivity contribution in [1.82, 2.24) is 0 Å². The van der Waals surface area contributed by atoms with Crippen molar-refractivity contribution in [3.63, 3.8) is 0 Å². The fraction of sp³-hybridized carbons (Fsp3) is 0.947. The maximum absolute atomic E-state index is 13.1. The molecule has 0 radical (unpaired) electrons. The minimum absolute atomic E-state index is 0.104. The van der Waals surface area contributed by atoms with Gasteiger partial charge in [-0.15, -0.1) is 0 Å². The Morgan fingerprint density at radius 2 is 0.489 bits per heavy atom. The van der Waals surface area contributed by atoms with E-state index in [4.69, 9.17) is 37.0 Å². The van der Waals surface area contributed by atoms with Crippen LogP contribution >= 0.6 is 15.6 Å². The van der Waals surface area contributed by atoms with Crippen LogP contribution in [0.1, 0.15) is 388 Å². The van der Waals surface area contributed by atoms with Gasteiger partial charge in [0.2, 0.25) is 0 Å². The Morgan fingerprint density at radius 3 is 0.723 bits per heavy atom. The first-order valence-corrected chi connectivity index (χ1v) is 42.0. The van der Waals surface area contributed by atoms with Gasteiger partial charge >= 0.3 is 39.5 Å². The van der Waals surface area contributed by atoms with Gasteiger partial charge in [0.1, 0.15) is 19.3 Å². The van der Waals surface area contributed by atoms with Crippen LogP contribution in [0.3, 0.4) is 0 Å². The van der Waals surface area contributed by atoms with E-state index >= 15 is 0 Å². The van der Waals surface area contributed by atoms with E-state index in [0.29, 0.717) is 25.7 Å². The van der Waals surface area contributed by atoms with Crippen molar-refractivity contribution < 1.29 is 80.2 Å². The number of esters is 4. The number of unbranched alkanes of at least 4 members (excludes halogenated alkanes) is 44. The lowest BCUT2D eigenvalue weighted by molar-refractivity contribution is -0.161. The molecule has 558 valence electrons. The molecule has 0 aromatic rings. The van der Waals surface area contributed by atoms with Gasteiger partial charge in [0, 0.05) is 25.7 Å². The quantitative estimate of drug-likeness (QED) is 0.0222. The summed E-state index contributed by atoms with van der Waals surface area (Å²) in [5.41, 5.74) is 0. The van der Waals surface area contributed by atoms with Crippen LogP contribution in [-0.2, 0) is 65.4 Å². The minimum atomic E-state index is -4.95. The first-order valence-electron chi connectivity index (χ1n) is 39.0. The summed E-state index contributed by atoms with van der Waals surface area (Å²) in [6.45, 7) is 9.48. The molecule has 2 unspecified atom stereocenters. The van der Waals surface area contributed by atoms with E-state index in [1.807, 2.05) is 0 Å². The lowest BCUT2D eigenvalue weighted by Gasteiger charge is -2.21. The van der Waals surface area contributed by atoms with Crippen LogP contribution in [0.2, 0.25) is 0 Å². The second-order valence-corrected chi connectivity index (χ2v) is 30.9. The Hall–Kier alpha value is -1.94. The molecule has 0 aromatic carbocycles. The molecule has 0 saturated carbocycles. The first kappa shape index (κ1) is 92.1. The van der Waals surface area contributed by atoms with Crippen molar-refractivity contribution in [2.45, 2.75) is 407 Å². The zero-order valence-corrected chi connectivity index (χ0v) is 63.1. The number of phosphoric acid groups is 2. The molecule has 0 saturated heterocycles. The zero-order valence-electron chi connectivity index (χ0n) is 61.3. The third-order valence-electron chi connectivity index (χ3n) is 17.5. The Bertz CT molecular complexity index is 1820. The van der Waals surface area contributed by atoms with Gasteiger partial charge in [0.25, 0.3) is 0 Å². The first-order chi connectivity index (χ1) is 45.4. The van der Waals surface area contributed by atoms with Gasteiger partial charge in [-0.1, -0.05) is 337 Å². The predicted molar refractivity (Wildman–Crippen MR) is 381 cm³/mol. The van der Waals surface area contributed by atoms with Crippen LogP contribution < -0.4 is 0 Å². The highest BCUT2D eigenvalue weighted by molar-refractivity contribution is 7.47. The fourth-order valence-corrected chi connectivity index (χ4v) is 13.1. The Kier molecular flexibility index (Phi) is 65.5. The highest BCUT2D eigenvalue weighted by Gasteiger charge is 2.30. The van der Waals surface area contributed by atoms with E-state index in [2.05, 4.69) is 41.5 Å². The number of carbonyl (C=O) groups excluding carboxylic acids is 4. The van der Waals surface area contributed by atoms with E-state index in [1.165, 1.54) is 199 Å². The smallest absolute Gasteiger partial charge is 0.462 e. The molecule has 19 heteroatoms. The largest absolute Gasteiger partial charge is 0.472 e. The van der Waals surface area contributed by atoms with E-state index in [9.17, 15) is 43.2 Å². The molecule has 0 aliphatic heterocycles. The van der Waals surface area contributed by atoms with Gasteiger partial charge in [-0.2, -0.15) is 0 Å². The molecular formula is C75H146O17P2. The summed E-state index contributed by atoms with van der Waals surface area (Å²) in [7, 11) is -9.90. The molecular weight excluding hydrogens is 1230 g/mol. The van der Waals surface area contributed by atoms with Crippen LogP contribution in [0.4, 0.5) is 0 Å². The number of aliphatic hydroxyl groups excluding tert-OH is 1. The molecule has 0 bridgehead atoms.